The Morgan fingerprint density at radius 3 is 2.79 bits per heavy atom. The largest absolute Gasteiger partial charge is 0.361 e. The number of likely N-dealkylation sites (tertiary alicyclic amines) is 2. The number of aliphatic hydroxyl groups excluding tert-OH is 1. The van der Waals surface area contributed by atoms with Crippen molar-refractivity contribution in [2.24, 2.45) is 5.92 Å². The minimum atomic E-state index is -1.08. The van der Waals surface area contributed by atoms with E-state index in [4.69, 9.17) is 0 Å². The summed E-state index contributed by atoms with van der Waals surface area (Å²) in [7, 11) is 0. The van der Waals surface area contributed by atoms with Gasteiger partial charge in [0.25, 0.3) is 0 Å². The number of aliphatic hydroxyl groups is 1. The molecule has 3 aliphatic heterocycles. The number of rotatable bonds is 4. The van der Waals surface area contributed by atoms with Crippen molar-refractivity contribution in [2.75, 3.05) is 32.7 Å². The Bertz CT molecular complexity index is 526. The summed E-state index contributed by atoms with van der Waals surface area (Å²) in [6.45, 7) is 4.23. The van der Waals surface area contributed by atoms with E-state index in [1.807, 2.05) is 9.80 Å². The van der Waals surface area contributed by atoms with Crippen LogP contribution < -0.4 is 5.32 Å². The SMILES string of the molecule is CCCN1C(=O)CC[C@@H]2CN(C(=O)CN3CC(=O)NC3O)CC[C@@H]21. The Morgan fingerprint density at radius 1 is 1.33 bits per heavy atom. The Labute approximate surface area is 141 Å². The average Bonchev–Trinajstić information content (AvgIpc) is 2.87. The predicted octanol–water partition coefficient (Wildman–Crippen LogP) is -1.06. The van der Waals surface area contributed by atoms with Gasteiger partial charge in [0.1, 0.15) is 0 Å². The van der Waals surface area contributed by atoms with Gasteiger partial charge in [-0.3, -0.25) is 14.4 Å². The van der Waals surface area contributed by atoms with Crippen molar-refractivity contribution >= 4 is 17.7 Å². The molecule has 0 aromatic carbocycles. The van der Waals surface area contributed by atoms with E-state index in [9.17, 15) is 19.5 Å². The summed E-state index contributed by atoms with van der Waals surface area (Å²) in [4.78, 5) is 41.1. The van der Waals surface area contributed by atoms with Gasteiger partial charge < -0.3 is 20.2 Å². The van der Waals surface area contributed by atoms with Crippen LogP contribution in [-0.4, -0.2) is 82.6 Å². The molecule has 0 radical (unpaired) electrons. The Hall–Kier alpha value is -1.67. The number of nitrogens with one attached hydrogen (secondary N) is 1. The van der Waals surface area contributed by atoms with E-state index >= 15 is 0 Å². The third kappa shape index (κ3) is 3.39. The first-order chi connectivity index (χ1) is 11.5. The normalized spacial score (nSPS) is 31.2. The van der Waals surface area contributed by atoms with Gasteiger partial charge in [0.15, 0.2) is 6.35 Å². The van der Waals surface area contributed by atoms with Gasteiger partial charge in [-0.1, -0.05) is 6.92 Å². The highest BCUT2D eigenvalue weighted by molar-refractivity contribution is 5.83. The number of nitrogens with zero attached hydrogens (tertiary/aromatic N) is 3. The van der Waals surface area contributed by atoms with E-state index in [1.165, 1.54) is 4.90 Å². The van der Waals surface area contributed by atoms with Gasteiger partial charge in [0.05, 0.1) is 13.1 Å². The molecular weight excluding hydrogens is 312 g/mol. The molecule has 0 aromatic heterocycles. The van der Waals surface area contributed by atoms with Crippen molar-refractivity contribution in [2.45, 2.75) is 45.0 Å². The van der Waals surface area contributed by atoms with E-state index in [-0.39, 0.29) is 36.9 Å². The molecule has 0 aliphatic carbocycles. The molecule has 3 heterocycles. The van der Waals surface area contributed by atoms with Gasteiger partial charge in [0.2, 0.25) is 17.7 Å². The first-order valence-electron chi connectivity index (χ1n) is 8.78. The molecular formula is C16H26N4O4. The topological polar surface area (TPSA) is 93.2 Å². The molecule has 3 fully saturated rings. The summed E-state index contributed by atoms with van der Waals surface area (Å²) in [5.74, 6) is 0.232. The van der Waals surface area contributed by atoms with Gasteiger partial charge >= 0.3 is 0 Å². The molecule has 24 heavy (non-hydrogen) atoms. The zero-order valence-corrected chi connectivity index (χ0v) is 14.1. The predicted molar refractivity (Wildman–Crippen MR) is 85.4 cm³/mol. The number of hydrogen-bond donors (Lipinski definition) is 2. The smallest absolute Gasteiger partial charge is 0.237 e. The standard InChI is InChI=1S/C16H26N4O4/c1-2-6-20-12-5-7-18(8-11(12)3-4-14(20)22)15(23)10-19-9-13(21)17-16(19)24/h11-12,16,24H,2-10H2,1H3,(H,17,21)/t11-,12+,16?/m1/s1. The molecule has 0 aromatic rings. The third-order valence-electron chi connectivity index (χ3n) is 5.28. The second-order valence-corrected chi connectivity index (χ2v) is 6.93. The first kappa shape index (κ1) is 17.2. The van der Waals surface area contributed by atoms with E-state index in [2.05, 4.69) is 12.2 Å². The van der Waals surface area contributed by atoms with E-state index in [0.29, 0.717) is 25.4 Å². The van der Waals surface area contributed by atoms with Crippen LogP contribution in [-0.2, 0) is 14.4 Å². The van der Waals surface area contributed by atoms with Gasteiger partial charge in [-0.2, -0.15) is 0 Å². The Balaban J connectivity index is 1.57. The molecule has 0 saturated carbocycles. The van der Waals surface area contributed by atoms with Crippen molar-refractivity contribution in [3.63, 3.8) is 0 Å². The maximum atomic E-state index is 12.5. The van der Waals surface area contributed by atoms with Crippen LogP contribution in [0.1, 0.15) is 32.6 Å². The number of carbonyl (C=O) groups is 3. The molecule has 3 saturated heterocycles. The minimum Gasteiger partial charge on any atom is -0.361 e. The number of carbonyl (C=O) groups excluding carboxylic acids is 3. The number of piperidine rings is 2. The lowest BCUT2D eigenvalue weighted by Crippen LogP contribution is -2.58. The molecule has 3 rings (SSSR count). The van der Waals surface area contributed by atoms with Crippen molar-refractivity contribution < 1.29 is 19.5 Å². The van der Waals surface area contributed by atoms with Gasteiger partial charge in [-0.25, -0.2) is 4.90 Å². The van der Waals surface area contributed by atoms with E-state index < -0.39 is 6.35 Å². The summed E-state index contributed by atoms with van der Waals surface area (Å²) < 4.78 is 0. The monoisotopic (exact) mass is 338 g/mol. The fourth-order valence-electron chi connectivity index (χ4n) is 4.08. The van der Waals surface area contributed by atoms with Gasteiger partial charge in [0, 0.05) is 32.1 Å². The highest BCUT2D eigenvalue weighted by atomic mass is 16.3. The highest BCUT2D eigenvalue weighted by Gasteiger charge is 2.40. The number of fused-ring (bicyclic) bond motifs is 1. The molecule has 134 valence electrons. The van der Waals surface area contributed by atoms with E-state index in [0.717, 1.165) is 25.8 Å². The van der Waals surface area contributed by atoms with Crippen LogP contribution in [0.4, 0.5) is 0 Å². The Morgan fingerprint density at radius 2 is 2.12 bits per heavy atom. The lowest BCUT2D eigenvalue weighted by atomic mass is 9.83. The molecule has 1 unspecified atom stereocenters. The van der Waals surface area contributed by atoms with Crippen LogP contribution in [0, 0.1) is 5.92 Å². The average molecular weight is 338 g/mol. The van der Waals surface area contributed by atoms with Crippen LogP contribution >= 0.6 is 0 Å². The summed E-state index contributed by atoms with van der Waals surface area (Å²) in [6.07, 6.45) is 2.08. The second-order valence-electron chi connectivity index (χ2n) is 6.93. The molecule has 3 atom stereocenters. The van der Waals surface area contributed by atoms with E-state index in [1.54, 1.807) is 0 Å². The zero-order valence-electron chi connectivity index (χ0n) is 14.1. The van der Waals surface area contributed by atoms with Crippen LogP contribution in [0.25, 0.3) is 0 Å². The fraction of sp³-hybridized carbons (Fsp3) is 0.812. The van der Waals surface area contributed by atoms with Gasteiger partial charge in [-0.05, 0) is 25.2 Å². The van der Waals surface area contributed by atoms with Crippen molar-refractivity contribution in [1.29, 1.82) is 0 Å². The summed E-state index contributed by atoms with van der Waals surface area (Å²) in [5.41, 5.74) is 0. The van der Waals surface area contributed by atoms with Crippen molar-refractivity contribution in [1.82, 2.24) is 20.0 Å². The zero-order chi connectivity index (χ0) is 17.3. The van der Waals surface area contributed by atoms with Crippen LogP contribution in [0.2, 0.25) is 0 Å². The second kappa shape index (κ2) is 7.06. The molecule has 0 bridgehead atoms. The lowest BCUT2D eigenvalue weighted by molar-refractivity contribution is -0.145. The maximum Gasteiger partial charge on any atom is 0.237 e. The van der Waals surface area contributed by atoms with Crippen LogP contribution in [0.3, 0.4) is 0 Å². The highest BCUT2D eigenvalue weighted by Crippen LogP contribution is 2.31. The summed E-state index contributed by atoms with van der Waals surface area (Å²) in [5, 5.41) is 12.1. The molecule has 8 nitrogen and oxygen atoms in total. The molecule has 3 amide bonds. The van der Waals surface area contributed by atoms with Gasteiger partial charge in [-0.15, -0.1) is 0 Å². The molecule has 3 aliphatic rings. The quantitative estimate of drug-likeness (QED) is 0.682. The lowest BCUT2D eigenvalue weighted by Gasteiger charge is -2.47. The summed E-state index contributed by atoms with van der Waals surface area (Å²) >= 11 is 0. The van der Waals surface area contributed by atoms with Crippen molar-refractivity contribution in [3.8, 4) is 0 Å². The molecule has 8 heteroatoms. The maximum absolute atomic E-state index is 12.5. The Kier molecular flexibility index (Phi) is 5.05. The van der Waals surface area contributed by atoms with Crippen molar-refractivity contribution in [3.05, 3.63) is 0 Å². The van der Waals surface area contributed by atoms with Crippen LogP contribution in [0.15, 0.2) is 0 Å². The third-order valence-corrected chi connectivity index (χ3v) is 5.28. The molecule has 0 spiro atoms. The number of amides is 3. The molecule has 2 N–H and O–H groups in total. The van der Waals surface area contributed by atoms with Crippen LogP contribution in [0.5, 0.6) is 0 Å². The first-order valence-corrected chi connectivity index (χ1v) is 8.78. The number of hydrogen-bond acceptors (Lipinski definition) is 5. The fourth-order valence-corrected chi connectivity index (χ4v) is 4.08. The minimum absolute atomic E-state index is 0.0366. The summed E-state index contributed by atoms with van der Waals surface area (Å²) in [6, 6.07) is 0.246.